The van der Waals surface area contributed by atoms with Crippen LogP contribution in [-0.2, 0) is 14.3 Å². The van der Waals surface area contributed by atoms with E-state index in [0.717, 1.165) is 0 Å². The van der Waals surface area contributed by atoms with Gasteiger partial charge in [0.05, 0.1) is 4.92 Å². The van der Waals surface area contributed by atoms with Gasteiger partial charge in [0, 0.05) is 6.07 Å². The molecule has 2 atom stereocenters. The van der Waals surface area contributed by atoms with Crippen LogP contribution in [0.2, 0.25) is 0 Å². The maximum absolute atomic E-state index is 12.9. The lowest BCUT2D eigenvalue weighted by Gasteiger charge is -2.17. The largest absolute Gasteiger partial charge is 0.479 e. The lowest BCUT2D eigenvalue weighted by atomic mass is 10.2. The molecule has 0 aromatic heterocycles. The number of nitro benzene ring substituents is 1. The zero-order chi connectivity index (χ0) is 20.0. The highest BCUT2D eigenvalue weighted by atomic mass is 19.1. The molecule has 0 aliphatic heterocycles. The Morgan fingerprint density at radius 1 is 1.07 bits per heavy atom. The van der Waals surface area contributed by atoms with Gasteiger partial charge in [0.15, 0.2) is 12.2 Å². The number of nitrogens with zero attached hydrogens (tertiary/aromatic N) is 1. The number of carbonyl (C=O) groups is 2. The molecule has 1 amide bonds. The summed E-state index contributed by atoms with van der Waals surface area (Å²) in [6.45, 7) is 2.74. The van der Waals surface area contributed by atoms with Crippen LogP contribution in [0.25, 0.3) is 0 Å². The Hall–Kier alpha value is -3.49. The summed E-state index contributed by atoms with van der Waals surface area (Å²) in [6, 6.07) is 10.7. The van der Waals surface area contributed by atoms with Crippen LogP contribution in [0.1, 0.15) is 13.8 Å². The van der Waals surface area contributed by atoms with Crippen molar-refractivity contribution in [1.82, 2.24) is 0 Å². The highest BCUT2D eigenvalue weighted by molar-refractivity contribution is 5.97. The minimum atomic E-state index is -1.21. The van der Waals surface area contributed by atoms with Crippen molar-refractivity contribution in [1.29, 1.82) is 0 Å². The van der Waals surface area contributed by atoms with E-state index in [1.807, 2.05) is 0 Å². The quantitative estimate of drug-likeness (QED) is 0.452. The Kier molecular flexibility index (Phi) is 6.42. The van der Waals surface area contributed by atoms with Gasteiger partial charge in [-0.2, -0.15) is 0 Å². The fourth-order valence-electron chi connectivity index (χ4n) is 2.06. The summed E-state index contributed by atoms with van der Waals surface area (Å²) in [4.78, 5) is 34.5. The third-order valence-electron chi connectivity index (χ3n) is 3.48. The second-order valence-electron chi connectivity index (χ2n) is 5.56. The van der Waals surface area contributed by atoms with Crippen LogP contribution in [0.5, 0.6) is 5.75 Å². The Morgan fingerprint density at radius 3 is 2.33 bits per heavy atom. The summed E-state index contributed by atoms with van der Waals surface area (Å²) >= 11 is 0. The first-order valence-corrected chi connectivity index (χ1v) is 7.95. The molecule has 8 nitrogen and oxygen atoms in total. The Balaban J connectivity index is 1.94. The molecule has 1 N–H and O–H groups in total. The Bertz CT molecular complexity index is 840. The Morgan fingerprint density at radius 2 is 1.70 bits per heavy atom. The summed E-state index contributed by atoms with van der Waals surface area (Å²) in [5.41, 5.74) is -0.289. The van der Waals surface area contributed by atoms with Gasteiger partial charge in [0.2, 0.25) is 0 Å². The van der Waals surface area contributed by atoms with Crippen LogP contribution in [0.3, 0.4) is 0 Å². The third-order valence-corrected chi connectivity index (χ3v) is 3.48. The van der Waals surface area contributed by atoms with Crippen molar-refractivity contribution in [3.8, 4) is 5.75 Å². The topological polar surface area (TPSA) is 108 Å². The smallest absolute Gasteiger partial charge is 0.347 e. The maximum Gasteiger partial charge on any atom is 0.347 e. The molecule has 0 heterocycles. The third kappa shape index (κ3) is 5.50. The fourth-order valence-corrected chi connectivity index (χ4v) is 2.06. The molecule has 142 valence electrons. The van der Waals surface area contributed by atoms with Crippen LogP contribution < -0.4 is 10.1 Å². The second kappa shape index (κ2) is 8.75. The first-order valence-electron chi connectivity index (χ1n) is 7.95. The summed E-state index contributed by atoms with van der Waals surface area (Å²) < 4.78 is 23.2. The molecule has 0 aliphatic rings. The summed E-state index contributed by atoms with van der Waals surface area (Å²) in [5, 5.41) is 13.3. The molecule has 0 unspecified atom stereocenters. The van der Waals surface area contributed by atoms with Crippen molar-refractivity contribution < 1.29 is 28.4 Å². The standard InChI is InChI=1S/C18H17FN2O6/c1-11(17(22)20-15-5-3-4-6-16(15)21(24)25)27-18(23)12(2)26-14-9-7-13(19)8-10-14/h3-12H,1-2H3,(H,20,22)/t11-,12+/m1/s1. The second-order valence-corrected chi connectivity index (χ2v) is 5.56. The lowest BCUT2D eigenvalue weighted by Crippen LogP contribution is -2.35. The molecule has 0 saturated carbocycles. The molecule has 0 bridgehead atoms. The van der Waals surface area contributed by atoms with Gasteiger partial charge in [0.25, 0.3) is 11.6 Å². The normalized spacial score (nSPS) is 12.6. The number of hydrogen-bond donors (Lipinski definition) is 1. The number of nitrogens with one attached hydrogen (secondary N) is 1. The number of para-hydroxylation sites is 2. The van der Waals surface area contributed by atoms with Crippen LogP contribution in [0, 0.1) is 15.9 Å². The van der Waals surface area contributed by atoms with Crippen LogP contribution >= 0.6 is 0 Å². The Labute approximate surface area is 154 Å². The van der Waals surface area contributed by atoms with E-state index in [9.17, 15) is 24.1 Å². The molecule has 2 aromatic rings. The van der Waals surface area contributed by atoms with E-state index < -0.39 is 34.8 Å². The predicted molar refractivity (Wildman–Crippen MR) is 93.8 cm³/mol. The van der Waals surface area contributed by atoms with E-state index in [1.165, 1.54) is 62.4 Å². The van der Waals surface area contributed by atoms with E-state index in [2.05, 4.69) is 5.32 Å². The number of esters is 1. The molecular weight excluding hydrogens is 359 g/mol. The summed E-state index contributed by atoms with van der Waals surface area (Å²) in [6.07, 6.45) is -2.26. The molecule has 9 heteroatoms. The highest BCUT2D eigenvalue weighted by Crippen LogP contribution is 2.23. The van der Waals surface area contributed by atoms with Gasteiger partial charge in [-0.25, -0.2) is 9.18 Å². The first-order chi connectivity index (χ1) is 12.8. The molecule has 2 rings (SSSR count). The molecule has 0 radical (unpaired) electrons. The number of carbonyl (C=O) groups excluding carboxylic acids is 2. The molecule has 0 spiro atoms. The van der Waals surface area contributed by atoms with Gasteiger partial charge < -0.3 is 14.8 Å². The van der Waals surface area contributed by atoms with Crippen molar-refractivity contribution in [2.24, 2.45) is 0 Å². The average molecular weight is 376 g/mol. The average Bonchev–Trinajstić information content (AvgIpc) is 2.63. The molecule has 0 saturated heterocycles. The summed E-state index contributed by atoms with van der Waals surface area (Å²) in [5.74, 6) is -1.73. The fraction of sp³-hybridized carbons (Fsp3) is 0.222. The number of rotatable bonds is 7. The van der Waals surface area contributed by atoms with E-state index in [1.54, 1.807) is 0 Å². The molecule has 0 aliphatic carbocycles. The monoisotopic (exact) mass is 376 g/mol. The first kappa shape index (κ1) is 19.8. The number of hydrogen-bond acceptors (Lipinski definition) is 6. The number of benzene rings is 2. The molecule has 27 heavy (non-hydrogen) atoms. The predicted octanol–water partition coefficient (Wildman–Crippen LogP) is 3.07. The zero-order valence-corrected chi connectivity index (χ0v) is 14.5. The molecular formula is C18H17FN2O6. The van der Waals surface area contributed by atoms with Crippen molar-refractivity contribution in [3.63, 3.8) is 0 Å². The van der Waals surface area contributed by atoms with E-state index in [4.69, 9.17) is 9.47 Å². The van der Waals surface area contributed by atoms with Crippen LogP contribution in [0.4, 0.5) is 15.8 Å². The molecule has 0 fully saturated rings. The van der Waals surface area contributed by atoms with Gasteiger partial charge >= 0.3 is 5.97 Å². The number of nitro groups is 1. The van der Waals surface area contributed by atoms with E-state index in [0.29, 0.717) is 0 Å². The van der Waals surface area contributed by atoms with E-state index >= 15 is 0 Å². The zero-order valence-electron chi connectivity index (χ0n) is 14.5. The number of halogens is 1. The van der Waals surface area contributed by atoms with Crippen molar-refractivity contribution in [3.05, 3.63) is 64.5 Å². The van der Waals surface area contributed by atoms with Gasteiger partial charge in [-0.15, -0.1) is 0 Å². The maximum atomic E-state index is 12.9. The van der Waals surface area contributed by atoms with Gasteiger partial charge in [0.1, 0.15) is 17.3 Å². The minimum absolute atomic E-state index is 0.00832. The molecule has 2 aromatic carbocycles. The van der Waals surface area contributed by atoms with E-state index in [-0.39, 0.29) is 17.1 Å². The van der Waals surface area contributed by atoms with Crippen LogP contribution in [-0.4, -0.2) is 29.0 Å². The lowest BCUT2D eigenvalue weighted by molar-refractivity contribution is -0.383. The number of amides is 1. The SMILES string of the molecule is C[C@H](Oc1ccc(F)cc1)C(=O)O[C@H](C)C(=O)Nc1ccccc1[N+](=O)[O-]. The highest BCUT2D eigenvalue weighted by Gasteiger charge is 2.25. The van der Waals surface area contributed by atoms with Crippen LogP contribution in [0.15, 0.2) is 48.5 Å². The summed E-state index contributed by atoms with van der Waals surface area (Å²) in [7, 11) is 0. The van der Waals surface area contributed by atoms with Gasteiger partial charge in [-0.3, -0.25) is 14.9 Å². The number of ether oxygens (including phenoxy) is 2. The van der Waals surface area contributed by atoms with Gasteiger partial charge in [-0.05, 0) is 44.2 Å². The number of anilines is 1. The minimum Gasteiger partial charge on any atom is -0.479 e. The van der Waals surface area contributed by atoms with Crippen molar-refractivity contribution in [2.75, 3.05) is 5.32 Å². The van der Waals surface area contributed by atoms with Gasteiger partial charge in [-0.1, -0.05) is 12.1 Å². The van der Waals surface area contributed by atoms with Crippen molar-refractivity contribution in [2.45, 2.75) is 26.1 Å². The van der Waals surface area contributed by atoms with Crippen molar-refractivity contribution >= 4 is 23.3 Å².